The molecule has 102 valence electrons. The molecule has 1 aromatic carbocycles. The van der Waals surface area contributed by atoms with Crippen LogP contribution in [-0.4, -0.2) is 12.2 Å². The van der Waals surface area contributed by atoms with Gasteiger partial charge in [0.25, 0.3) is 0 Å². The first kappa shape index (κ1) is 13.9. The van der Waals surface area contributed by atoms with Gasteiger partial charge in [-0.05, 0) is 42.9 Å². The van der Waals surface area contributed by atoms with E-state index in [2.05, 4.69) is 13.0 Å². The van der Waals surface area contributed by atoms with E-state index in [4.69, 9.17) is 4.74 Å². The lowest BCUT2D eigenvalue weighted by molar-refractivity contribution is 0.0639. The highest BCUT2D eigenvalue weighted by molar-refractivity contribution is 5.32. The van der Waals surface area contributed by atoms with Gasteiger partial charge in [0.2, 0.25) is 0 Å². The molecule has 3 heteroatoms. The zero-order chi connectivity index (χ0) is 13.9. The summed E-state index contributed by atoms with van der Waals surface area (Å²) < 4.78 is 5.18. The molecule has 1 aliphatic rings. The van der Waals surface area contributed by atoms with Gasteiger partial charge in [0.05, 0.1) is 24.7 Å². The molecule has 1 saturated carbocycles. The predicted octanol–water partition coefficient (Wildman–Crippen LogP) is 3.45. The average Bonchev–Trinajstić information content (AvgIpc) is 2.91. The van der Waals surface area contributed by atoms with Crippen molar-refractivity contribution < 1.29 is 9.84 Å². The van der Waals surface area contributed by atoms with Crippen molar-refractivity contribution in [1.29, 1.82) is 5.26 Å². The smallest absolute Gasteiger partial charge is 0.119 e. The van der Waals surface area contributed by atoms with Gasteiger partial charge in [-0.2, -0.15) is 5.26 Å². The molecule has 19 heavy (non-hydrogen) atoms. The first-order chi connectivity index (χ1) is 9.15. The minimum atomic E-state index is -0.732. The Hall–Kier alpha value is -1.53. The molecule has 0 aromatic heterocycles. The molecule has 1 aromatic rings. The normalized spacial score (nSPS) is 27.8. The quantitative estimate of drug-likeness (QED) is 0.901. The van der Waals surface area contributed by atoms with E-state index in [1.807, 2.05) is 24.3 Å². The van der Waals surface area contributed by atoms with E-state index in [0.29, 0.717) is 5.92 Å². The fourth-order valence-corrected chi connectivity index (χ4v) is 3.07. The van der Waals surface area contributed by atoms with Gasteiger partial charge in [0, 0.05) is 0 Å². The molecule has 0 spiro atoms. The van der Waals surface area contributed by atoms with Crippen LogP contribution in [0.2, 0.25) is 0 Å². The first-order valence-corrected chi connectivity index (χ1v) is 6.88. The Labute approximate surface area is 114 Å². The van der Waals surface area contributed by atoms with Crippen molar-refractivity contribution in [2.75, 3.05) is 7.11 Å². The number of methoxy groups -OCH3 is 1. The molecule has 0 heterocycles. The van der Waals surface area contributed by atoms with Gasteiger partial charge in [-0.25, -0.2) is 0 Å². The van der Waals surface area contributed by atoms with Gasteiger partial charge in [0.1, 0.15) is 5.75 Å². The zero-order valence-corrected chi connectivity index (χ0v) is 11.6. The van der Waals surface area contributed by atoms with E-state index in [1.165, 1.54) is 0 Å². The molecule has 0 amide bonds. The van der Waals surface area contributed by atoms with Crippen LogP contribution >= 0.6 is 0 Å². The standard InChI is InChI=1S/C16H21NO2/c1-3-12-7-8-16(10-12,11-17)15(18)13-5-4-6-14(9-13)19-2/h4-6,9,12,15,18H,3,7-8,10H2,1-2H3. The Morgan fingerprint density at radius 1 is 1.58 bits per heavy atom. The maximum Gasteiger partial charge on any atom is 0.119 e. The molecule has 1 N–H and O–H groups in total. The van der Waals surface area contributed by atoms with Crippen LogP contribution in [0.15, 0.2) is 24.3 Å². The number of nitriles is 1. The fraction of sp³-hybridized carbons (Fsp3) is 0.562. The monoisotopic (exact) mass is 259 g/mol. The van der Waals surface area contributed by atoms with Crippen LogP contribution in [0, 0.1) is 22.7 Å². The van der Waals surface area contributed by atoms with E-state index in [-0.39, 0.29) is 0 Å². The van der Waals surface area contributed by atoms with Crippen LogP contribution in [-0.2, 0) is 0 Å². The highest BCUT2D eigenvalue weighted by Gasteiger charge is 2.45. The van der Waals surface area contributed by atoms with Crippen molar-refractivity contribution in [3.05, 3.63) is 29.8 Å². The van der Waals surface area contributed by atoms with E-state index in [1.54, 1.807) is 7.11 Å². The minimum absolute atomic E-state index is 0.555. The molecular formula is C16H21NO2. The largest absolute Gasteiger partial charge is 0.497 e. The lowest BCUT2D eigenvalue weighted by Crippen LogP contribution is -2.24. The summed E-state index contributed by atoms with van der Waals surface area (Å²) in [6.07, 6.45) is 2.95. The number of aliphatic hydroxyl groups excluding tert-OH is 1. The highest BCUT2D eigenvalue weighted by atomic mass is 16.5. The van der Waals surface area contributed by atoms with E-state index in [9.17, 15) is 10.4 Å². The molecule has 0 bridgehead atoms. The lowest BCUT2D eigenvalue weighted by Gasteiger charge is -2.28. The third kappa shape index (κ3) is 2.59. The Kier molecular flexibility index (Phi) is 4.11. The number of hydrogen-bond acceptors (Lipinski definition) is 3. The number of ether oxygens (including phenoxy) is 1. The number of hydrogen-bond donors (Lipinski definition) is 1. The molecule has 0 saturated heterocycles. The van der Waals surface area contributed by atoms with E-state index >= 15 is 0 Å². The lowest BCUT2D eigenvalue weighted by atomic mass is 9.78. The van der Waals surface area contributed by atoms with Crippen molar-refractivity contribution in [3.63, 3.8) is 0 Å². The Morgan fingerprint density at radius 3 is 2.95 bits per heavy atom. The van der Waals surface area contributed by atoms with Crippen molar-refractivity contribution in [1.82, 2.24) is 0 Å². The SMILES string of the molecule is CCC1CCC(C#N)(C(O)c2cccc(OC)c2)C1. The van der Waals surface area contributed by atoms with Gasteiger partial charge in [-0.3, -0.25) is 0 Å². The van der Waals surface area contributed by atoms with Crippen LogP contribution in [0.25, 0.3) is 0 Å². The fourth-order valence-electron chi connectivity index (χ4n) is 3.07. The molecule has 3 nitrogen and oxygen atoms in total. The summed E-state index contributed by atoms with van der Waals surface area (Å²) in [7, 11) is 1.61. The first-order valence-electron chi connectivity index (χ1n) is 6.88. The topological polar surface area (TPSA) is 53.2 Å². The van der Waals surface area contributed by atoms with Crippen molar-refractivity contribution in [2.45, 2.75) is 38.7 Å². The third-order valence-corrected chi connectivity index (χ3v) is 4.38. The average molecular weight is 259 g/mol. The second-order valence-corrected chi connectivity index (χ2v) is 5.46. The van der Waals surface area contributed by atoms with Gasteiger partial charge in [0.15, 0.2) is 0 Å². The molecule has 2 rings (SSSR count). The van der Waals surface area contributed by atoms with E-state index in [0.717, 1.165) is 37.0 Å². The Bertz CT molecular complexity index is 480. The zero-order valence-electron chi connectivity index (χ0n) is 11.6. The predicted molar refractivity (Wildman–Crippen MR) is 73.6 cm³/mol. The number of rotatable bonds is 4. The summed E-state index contributed by atoms with van der Waals surface area (Å²) >= 11 is 0. The number of nitrogens with zero attached hydrogens (tertiary/aromatic N) is 1. The summed E-state index contributed by atoms with van der Waals surface area (Å²) in [6.45, 7) is 2.15. The summed E-state index contributed by atoms with van der Waals surface area (Å²) in [6, 6.07) is 9.78. The summed E-state index contributed by atoms with van der Waals surface area (Å²) in [5.74, 6) is 1.27. The molecule has 1 aliphatic carbocycles. The molecular weight excluding hydrogens is 238 g/mol. The van der Waals surface area contributed by atoms with Gasteiger partial charge < -0.3 is 9.84 Å². The molecule has 3 unspecified atom stereocenters. The third-order valence-electron chi connectivity index (χ3n) is 4.38. The molecule has 1 fully saturated rings. The van der Waals surface area contributed by atoms with Gasteiger partial charge in [-0.15, -0.1) is 0 Å². The van der Waals surface area contributed by atoms with Crippen LogP contribution in [0.1, 0.15) is 44.3 Å². The maximum atomic E-state index is 10.6. The maximum absolute atomic E-state index is 10.6. The minimum Gasteiger partial charge on any atom is -0.497 e. The number of aliphatic hydroxyl groups is 1. The number of benzene rings is 1. The summed E-state index contributed by atoms with van der Waals surface area (Å²) in [4.78, 5) is 0. The summed E-state index contributed by atoms with van der Waals surface area (Å²) in [5.41, 5.74) is 0.144. The Balaban J connectivity index is 2.26. The highest BCUT2D eigenvalue weighted by Crippen LogP contribution is 2.50. The van der Waals surface area contributed by atoms with Crippen molar-refractivity contribution >= 4 is 0 Å². The summed E-state index contributed by atoms with van der Waals surface area (Å²) in [5, 5.41) is 20.2. The molecule has 3 atom stereocenters. The van der Waals surface area contributed by atoms with Crippen molar-refractivity contribution in [2.24, 2.45) is 11.3 Å². The Morgan fingerprint density at radius 2 is 2.37 bits per heavy atom. The second kappa shape index (κ2) is 5.63. The molecule has 0 radical (unpaired) electrons. The van der Waals surface area contributed by atoms with Gasteiger partial charge >= 0.3 is 0 Å². The molecule has 0 aliphatic heterocycles. The van der Waals surface area contributed by atoms with Crippen LogP contribution in [0.5, 0.6) is 5.75 Å². The van der Waals surface area contributed by atoms with Crippen LogP contribution < -0.4 is 4.74 Å². The van der Waals surface area contributed by atoms with E-state index < -0.39 is 11.5 Å². The van der Waals surface area contributed by atoms with Crippen LogP contribution in [0.3, 0.4) is 0 Å². The van der Waals surface area contributed by atoms with Crippen LogP contribution in [0.4, 0.5) is 0 Å². The van der Waals surface area contributed by atoms with Gasteiger partial charge in [-0.1, -0.05) is 25.5 Å². The second-order valence-electron chi connectivity index (χ2n) is 5.46. The van der Waals surface area contributed by atoms with Crippen molar-refractivity contribution in [3.8, 4) is 11.8 Å².